The summed E-state index contributed by atoms with van der Waals surface area (Å²) in [6, 6.07) is 0. The van der Waals surface area contributed by atoms with Crippen molar-refractivity contribution in [3.8, 4) is 0 Å². The molecular formula is C12H23N3O. The molecule has 92 valence electrons. The van der Waals surface area contributed by atoms with E-state index in [0.717, 1.165) is 45.0 Å². The predicted molar refractivity (Wildman–Crippen MR) is 66.0 cm³/mol. The summed E-state index contributed by atoms with van der Waals surface area (Å²) in [5.41, 5.74) is 0.118. The first-order valence-corrected chi connectivity index (χ1v) is 6.18. The van der Waals surface area contributed by atoms with Gasteiger partial charge in [-0.2, -0.15) is 0 Å². The van der Waals surface area contributed by atoms with Gasteiger partial charge in [-0.25, -0.2) is 0 Å². The van der Waals surface area contributed by atoms with Crippen molar-refractivity contribution in [1.82, 2.24) is 10.6 Å². The molecule has 16 heavy (non-hydrogen) atoms. The first-order valence-electron chi connectivity index (χ1n) is 6.18. The maximum atomic E-state index is 5.45. The molecule has 0 bridgehead atoms. The van der Waals surface area contributed by atoms with Crippen LogP contribution in [0, 0.1) is 0 Å². The van der Waals surface area contributed by atoms with Crippen LogP contribution in [0.5, 0.6) is 0 Å². The lowest BCUT2D eigenvalue weighted by Gasteiger charge is -2.43. The zero-order valence-corrected chi connectivity index (χ0v) is 10.6. The van der Waals surface area contributed by atoms with Gasteiger partial charge in [-0.05, 0) is 33.6 Å². The summed E-state index contributed by atoms with van der Waals surface area (Å²) in [5.74, 6) is 1.13. The van der Waals surface area contributed by atoms with Gasteiger partial charge in [-0.3, -0.25) is 4.99 Å². The first-order chi connectivity index (χ1) is 7.52. The highest BCUT2D eigenvalue weighted by atomic mass is 16.5. The van der Waals surface area contributed by atoms with Crippen molar-refractivity contribution in [2.75, 3.05) is 26.3 Å². The van der Waals surface area contributed by atoms with E-state index in [0.29, 0.717) is 0 Å². The normalized spacial score (nSPS) is 25.3. The minimum atomic E-state index is 0.0454. The highest BCUT2D eigenvalue weighted by molar-refractivity contribution is 5.92. The molecule has 1 saturated heterocycles. The molecule has 2 aliphatic rings. The number of nitrogens with one attached hydrogen (secondary N) is 2. The second kappa shape index (κ2) is 4.34. The van der Waals surface area contributed by atoms with Gasteiger partial charge in [0.25, 0.3) is 0 Å². The first kappa shape index (κ1) is 11.9. The molecule has 2 rings (SSSR count). The molecule has 0 amide bonds. The number of aliphatic imine (C=N–C) groups is 1. The Labute approximate surface area is 97.9 Å². The van der Waals surface area contributed by atoms with E-state index in [4.69, 9.17) is 4.74 Å². The Bertz CT molecular complexity index is 274. The second-order valence-corrected chi connectivity index (χ2v) is 5.73. The van der Waals surface area contributed by atoms with Crippen molar-refractivity contribution in [3.63, 3.8) is 0 Å². The molecule has 0 saturated carbocycles. The Kier molecular flexibility index (Phi) is 3.22. The lowest BCUT2D eigenvalue weighted by atomic mass is 9.86. The maximum Gasteiger partial charge on any atom is 0.117 e. The van der Waals surface area contributed by atoms with Crippen molar-refractivity contribution in [2.24, 2.45) is 4.99 Å². The number of hydrogen-bond donors (Lipinski definition) is 2. The minimum absolute atomic E-state index is 0.0454. The SMILES string of the molecule is CC(C)(C)NC1=NCCNC12CCOCC2. The van der Waals surface area contributed by atoms with Crippen LogP contribution in [-0.2, 0) is 4.74 Å². The van der Waals surface area contributed by atoms with Crippen molar-refractivity contribution in [1.29, 1.82) is 0 Å². The van der Waals surface area contributed by atoms with Gasteiger partial charge >= 0.3 is 0 Å². The fraction of sp³-hybridized carbons (Fsp3) is 0.917. The average Bonchev–Trinajstić information content (AvgIpc) is 2.21. The highest BCUT2D eigenvalue weighted by Crippen LogP contribution is 2.24. The van der Waals surface area contributed by atoms with Gasteiger partial charge in [0.15, 0.2) is 0 Å². The quantitative estimate of drug-likeness (QED) is 0.644. The van der Waals surface area contributed by atoms with Gasteiger partial charge < -0.3 is 15.4 Å². The molecule has 4 nitrogen and oxygen atoms in total. The van der Waals surface area contributed by atoms with Crippen molar-refractivity contribution >= 4 is 5.84 Å². The minimum Gasteiger partial charge on any atom is -0.381 e. The van der Waals surface area contributed by atoms with E-state index >= 15 is 0 Å². The Morgan fingerprint density at radius 3 is 2.62 bits per heavy atom. The largest absolute Gasteiger partial charge is 0.381 e. The van der Waals surface area contributed by atoms with E-state index in [2.05, 4.69) is 36.4 Å². The lowest BCUT2D eigenvalue weighted by Crippen LogP contribution is -2.64. The van der Waals surface area contributed by atoms with E-state index in [1.54, 1.807) is 0 Å². The Hall–Kier alpha value is -0.610. The fourth-order valence-electron chi connectivity index (χ4n) is 2.35. The third-order valence-electron chi connectivity index (χ3n) is 3.14. The van der Waals surface area contributed by atoms with Crippen LogP contribution in [0.4, 0.5) is 0 Å². The van der Waals surface area contributed by atoms with Crippen LogP contribution in [0.1, 0.15) is 33.6 Å². The molecule has 2 N–H and O–H groups in total. The molecule has 2 heterocycles. The van der Waals surface area contributed by atoms with Crippen molar-refractivity contribution in [3.05, 3.63) is 0 Å². The van der Waals surface area contributed by atoms with Crippen LogP contribution in [0.3, 0.4) is 0 Å². The van der Waals surface area contributed by atoms with E-state index in [9.17, 15) is 0 Å². The fourth-order valence-corrected chi connectivity index (χ4v) is 2.35. The number of hydrogen-bond acceptors (Lipinski definition) is 4. The average molecular weight is 225 g/mol. The molecule has 4 heteroatoms. The molecule has 0 aliphatic carbocycles. The van der Waals surface area contributed by atoms with E-state index < -0.39 is 0 Å². The zero-order chi connectivity index (χ0) is 11.6. The molecule has 0 aromatic rings. The molecule has 1 fully saturated rings. The number of nitrogens with zero attached hydrogens (tertiary/aromatic N) is 1. The van der Waals surface area contributed by atoms with Gasteiger partial charge in [-0.15, -0.1) is 0 Å². The summed E-state index contributed by atoms with van der Waals surface area (Å²) < 4.78 is 5.45. The third-order valence-corrected chi connectivity index (χ3v) is 3.14. The molecule has 0 aromatic heterocycles. The molecule has 2 aliphatic heterocycles. The van der Waals surface area contributed by atoms with Crippen LogP contribution < -0.4 is 10.6 Å². The number of rotatable bonds is 0. The van der Waals surface area contributed by atoms with E-state index in [1.165, 1.54) is 0 Å². The molecule has 0 aromatic carbocycles. The molecular weight excluding hydrogens is 202 g/mol. The van der Waals surface area contributed by atoms with Crippen LogP contribution in [0.25, 0.3) is 0 Å². The smallest absolute Gasteiger partial charge is 0.117 e. The summed E-state index contributed by atoms with van der Waals surface area (Å²) in [4.78, 5) is 4.68. The summed E-state index contributed by atoms with van der Waals surface area (Å²) in [6.45, 7) is 10.1. The van der Waals surface area contributed by atoms with Crippen LogP contribution in [0.15, 0.2) is 4.99 Å². The summed E-state index contributed by atoms with van der Waals surface area (Å²) in [5, 5.41) is 7.18. The predicted octanol–water partition coefficient (Wildman–Crippen LogP) is 0.925. The Balaban J connectivity index is 2.15. The Morgan fingerprint density at radius 2 is 2.00 bits per heavy atom. The molecule has 1 spiro atoms. The van der Waals surface area contributed by atoms with Crippen LogP contribution >= 0.6 is 0 Å². The molecule has 0 atom stereocenters. The monoisotopic (exact) mass is 225 g/mol. The molecule has 0 radical (unpaired) electrons. The summed E-state index contributed by atoms with van der Waals surface area (Å²) in [6.07, 6.45) is 2.05. The Morgan fingerprint density at radius 1 is 1.31 bits per heavy atom. The zero-order valence-electron chi connectivity index (χ0n) is 10.6. The standard InChI is InChI=1S/C12H23N3O/c1-11(2,3)15-10-12(14-7-6-13-10)4-8-16-9-5-12/h14H,4-9H2,1-3H3,(H,13,15). The van der Waals surface area contributed by atoms with Gasteiger partial charge in [0.2, 0.25) is 0 Å². The van der Waals surface area contributed by atoms with Crippen molar-refractivity contribution in [2.45, 2.75) is 44.7 Å². The van der Waals surface area contributed by atoms with Gasteiger partial charge in [-0.1, -0.05) is 0 Å². The van der Waals surface area contributed by atoms with Gasteiger partial charge in [0.1, 0.15) is 5.84 Å². The van der Waals surface area contributed by atoms with E-state index in [-0.39, 0.29) is 11.1 Å². The van der Waals surface area contributed by atoms with Crippen LogP contribution in [0.2, 0.25) is 0 Å². The highest BCUT2D eigenvalue weighted by Gasteiger charge is 2.40. The topological polar surface area (TPSA) is 45.7 Å². The van der Waals surface area contributed by atoms with Crippen molar-refractivity contribution < 1.29 is 4.74 Å². The number of ether oxygens (including phenoxy) is 1. The summed E-state index contributed by atoms with van der Waals surface area (Å²) >= 11 is 0. The maximum absolute atomic E-state index is 5.45. The van der Waals surface area contributed by atoms with Gasteiger partial charge in [0, 0.05) is 25.3 Å². The molecule has 0 unspecified atom stereocenters. The van der Waals surface area contributed by atoms with E-state index in [1.807, 2.05) is 0 Å². The van der Waals surface area contributed by atoms with Crippen LogP contribution in [-0.4, -0.2) is 43.2 Å². The second-order valence-electron chi connectivity index (χ2n) is 5.73. The lowest BCUT2D eigenvalue weighted by molar-refractivity contribution is 0.0590. The van der Waals surface area contributed by atoms with Gasteiger partial charge in [0.05, 0.1) is 12.1 Å². The number of amidine groups is 1. The third kappa shape index (κ3) is 2.55. The summed E-state index contributed by atoms with van der Waals surface area (Å²) in [7, 11) is 0.